The van der Waals surface area contributed by atoms with E-state index < -0.39 is 0 Å². The summed E-state index contributed by atoms with van der Waals surface area (Å²) < 4.78 is 0. The second kappa shape index (κ2) is 5.09. The Morgan fingerprint density at radius 1 is 0.950 bits per heavy atom. The van der Waals surface area contributed by atoms with Gasteiger partial charge in [-0.15, -0.1) is 10.2 Å². The number of phenols is 1. The Morgan fingerprint density at radius 3 is 2.60 bits per heavy atom. The summed E-state index contributed by atoms with van der Waals surface area (Å²) in [6, 6.07) is 15.0. The summed E-state index contributed by atoms with van der Waals surface area (Å²) in [7, 11) is 0. The molecule has 0 aliphatic heterocycles. The SMILES string of the molecule is Cc1ccc(N=Nc2ccc3ccccc3c2O)nc1. The van der Waals surface area contributed by atoms with Gasteiger partial charge in [0, 0.05) is 11.6 Å². The molecule has 1 N–H and O–H groups in total. The monoisotopic (exact) mass is 263 g/mol. The van der Waals surface area contributed by atoms with E-state index in [0.29, 0.717) is 11.5 Å². The molecular formula is C16H13N3O. The first kappa shape index (κ1) is 12.3. The van der Waals surface area contributed by atoms with Crippen molar-refractivity contribution in [2.75, 3.05) is 0 Å². The molecule has 0 fully saturated rings. The molecule has 20 heavy (non-hydrogen) atoms. The second-order valence-corrected chi connectivity index (χ2v) is 4.55. The van der Waals surface area contributed by atoms with Crippen LogP contribution in [-0.4, -0.2) is 10.1 Å². The van der Waals surface area contributed by atoms with E-state index in [2.05, 4.69) is 15.2 Å². The van der Waals surface area contributed by atoms with Crippen LogP contribution < -0.4 is 0 Å². The average Bonchev–Trinajstić information content (AvgIpc) is 2.49. The van der Waals surface area contributed by atoms with Crippen molar-refractivity contribution < 1.29 is 5.11 Å². The zero-order chi connectivity index (χ0) is 13.9. The van der Waals surface area contributed by atoms with E-state index in [9.17, 15) is 5.11 Å². The molecule has 0 saturated heterocycles. The minimum atomic E-state index is 0.138. The van der Waals surface area contributed by atoms with Gasteiger partial charge in [-0.2, -0.15) is 0 Å². The van der Waals surface area contributed by atoms with Gasteiger partial charge in [-0.05, 0) is 30.0 Å². The highest BCUT2D eigenvalue weighted by Gasteiger charge is 2.05. The topological polar surface area (TPSA) is 57.8 Å². The molecule has 0 amide bonds. The van der Waals surface area contributed by atoms with Crippen molar-refractivity contribution in [3.8, 4) is 5.75 Å². The van der Waals surface area contributed by atoms with Crippen LogP contribution in [0.15, 0.2) is 65.0 Å². The first-order chi connectivity index (χ1) is 9.74. The van der Waals surface area contributed by atoms with Crippen molar-refractivity contribution in [3.63, 3.8) is 0 Å². The normalized spacial score (nSPS) is 11.2. The van der Waals surface area contributed by atoms with Crippen molar-refractivity contribution in [2.24, 2.45) is 10.2 Å². The molecule has 0 spiro atoms. The maximum absolute atomic E-state index is 10.2. The fourth-order valence-electron chi connectivity index (χ4n) is 1.95. The first-order valence-corrected chi connectivity index (χ1v) is 6.29. The Morgan fingerprint density at radius 2 is 1.80 bits per heavy atom. The van der Waals surface area contributed by atoms with Gasteiger partial charge in [0.25, 0.3) is 0 Å². The summed E-state index contributed by atoms with van der Waals surface area (Å²) in [6.07, 6.45) is 1.73. The predicted molar refractivity (Wildman–Crippen MR) is 78.8 cm³/mol. The molecule has 3 rings (SSSR count). The number of hydrogen-bond donors (Lipinski definition) is 1. The maximum Gasteiger partial charge on any atom is 0.174 e. The van der Waals surface area contributed by atoms with Gasteiger partial charge in [0.1, 0.15) is 5.69 Å². The molecule has 4 heteroatoms. The maximum atomic E-state index is 10.2. The summed E-state index contributed by atoms with van der Waals surface area (Å²) in [5.74, 6) is 0.655. The van der Waals surface area contributed by atoms with Gasteiger partial charge in [-0.3, -0.25) is 0 Å². The molecule has 0 radical (unpaired) electrons. The Hall–Kier alpha value is -2.75. The van der Waals surface area contributed by atoms with Crippen molar-refractivity contribution >= 4 is 22.3 Å². The summed E-state index contributed by atoms with van der Waals surface area (Å²) in [5, 5.41) is 20.0. The number of hydrogen-bond acceptors (Lipinski definition) is 4. The van der Waals surface area contributed by atoms with Gasteiger partial charge in [0.15, 0.2) is 11.6 Å². The van der Waals surface area contributed by atoms with Crippen molar-refractivity contribution in [2.45, 2.75) is 6.92 Å². The standard InChI is InChI=1S/C16H13N3O/c1-11-6-9-15(17-10-11)19-18-14-8-7-12-4-2-3-5-13(12)16(14)20/h2-10,20H,1H3. The van der Waals surface area contributed by atoms with E-state index in [0.717, 1.165) is 16.3 Å². The third-order valence-corrected chi connectivity index (χ3v) is 3.04. The molecule has 0 saturated carbocycles. The number of aryl methyl sites for hydroxylation is 1. The van der Waals surface area contributed by atoms with E-state index in [4.69, 9.17) is 0 Å². The van der Waals surface area contributed by atoms with Crippen LogP contribution in [0.3, 0.4) is 0 Å². The van der Waals surface area contributed by atoms with E-state index in [1.54, 1.807) is 18.3 Å². The minimum Gasteiger partial charge on any atom is -0.505 e. The van der Waals surface area contributed by atoms with E-state index in [1.165, 1.54) is 0 Å². The second-order valence-electron chi connectivity index (χ2n) is 4.55. The summed E-state index contributed by atoms with van der Waals surface area (Å²) >= 11 is 0. The Labute approximate surface area is 116 Å². The van der Waals surface area contributed by atoms with Crippen molar-refractivity contribution in [3.05, 3.63) is 60.3 Å². The minimum absolute atomic E-state index is 0.138. The lowest BCUT2D eigenvalue weighted by atomic mass is 10.1. The molecule has 0 atom stereocenters. The number of pyridine rings is 1. The highest BCUT2D eigenvalue weighted by Crippen LogP contribution is 2.35. The van der Waals surface area contributed by atoms with Crippen LogP contribution in [0.4, 0.5) is 11.5 Å². The summed E-state index contributed by atoms with van der Waals surface area (Å²) in [4.78, 5) is 4.14. The highest BCUT2D eigenvalue weighted by atomic mass is 16.3. The lowest BCUT2D eigenvalue weighted by molar-refractivity contribution is 0.482. The van der Waals surface area contributed by atoms with E-state index >= 15 is 0 Å². The fraction of sp³-hybridized carbons (Fsp3) is 0.0625. The van der Waals surface area contributed by atoms with Crippen LogP contribution >= 0.6 is 0 Å². The number of phenolic OH excluding ortho intramolecular Hbond substituents is 1. The number of azo groups is 1. The Bertz CT molecular complexity index is 779. The zero-order valence-corrected chi connectivity index (χ0v) is 11.0. The molecule has 98 valence electrons. The number of rotatable bonds is 2. The number of fused-ring (bicyclic) bond motifs is 1. The van der Waals surface area contributed by atoms with Crippen LogP contribution in [0.25, 0.3) is 10.8 Å². The third-order valence-electron chi connectivity index (χ3n) is 3.04. The van der Waals surface area contributed by atoms with Crippen LogP contribution in [0.2, 0.25) is 0 Å². The number of nitrogens with zero attached hydrogens (tertiary/aromatic N) is 3. The van der Waals surface area contributed by atoms with Gasteiger partial charge in [0.05, 0.1) is 0 Å². The van der Waals surface area contributed by atoms with Crippen LogP contribution in [0.1, 0.15) is 5.56 Å². The molecule has 3 aromatic rings. The van der Waals surface area contributed by atoms with Gasteiger partial charge >= 0.3 is 0 Å². The molecule has 0 unspecified atom stereocenters. The van der Waals surface area contributed by atoms with Gasteiger partial charge in [-0.1, -0.05) is 36.4 Å². The quantitative estimate of drug-likeness (QED) is 0.683. The number of benzene rings is 2. The molecule has 1 heterocycles. The van der Waals surface area contributed by atoms with Gasteiger partial charge in [-0.25, -0.2) is 4.98 Å². The van der Waals surface area contributed by atoms with Crippen LogP contribution in [-0.2, 0) is 0 Å². The molecule has 4 nitrogen and oxygen atoms in total. The average molecular weight is 263 g/mol. The highest BCUT2D eigenvalue weighted by molar-refractivity contribution is 5.92. The zero-order valence-electron chi connectivity index (χ0n) is 11.0. The molecule has 0 bridgehead atoms. The van der Waals surface area contributed by atoms with Gasteiger partial charge < -0.3 is 5.11 Å². The summed E-state index contributed by atoms with van der Waals surface area (Å²) in [5.41, 5.74) is 1.50. The number of aromatic hydroxyl groups is 1. The Kier molecular flexibility index (Phi) is 3.13. The number of aromatic nitrogens is 1. The summed E-state index contributed by atoms with van der Waals surface area (Å²) in [6.45, 7) is 1.96. The molecule has 1 aromatic heterocycles. The first-order valence-electron chi connectivity index (χ1n) is 6.29. The van der Waals surface area contributed by atoms with Gasteiger partial charge in [0.2, 0.25) is 0 Å². The van der Waals surface area contributed by atoms with E-state index in [1.807, 2.05) is 43.3 Å². The van der Waals surface area contributed by atoms with Crippen molar-refractivity contribution in [1.29, 1.82) is 0 Å². The fourth-order valence-corrected chi connectivity index (χ4v) is 1.95. The smallest absolute Gasteiger partial charge is 0.174 e. The molecule has 0 aliphatic carbocycles. The Balaban J connectivity index is 1.98. The van der Waals surface area contributed by atoms with Crippen LogP contribution in [0, 0.1) is 6.92 Å². The lowest BCUT2D eigenvalue weighted by Crippen LogP contribution is -1.76. The largest absolute Gasteiger partial charge is 0.505 e. The molecule has 2 aromatic carbocycles. The van der Waals surface area contributed by atoms with Crippen molar-refractivity contribution in [1.82, 2.24) is 4.98 Å². The van der Waals surface area contributed by atoms with Crippen LogP contribution in [0.5, 0.6) is 5.75 Å². The third kappa shape index (κ3) is 2.36. The lowest BCUT2D eigenvalue weighted by Gasteiger charge is -2.02. The molecular weight excluding hydrogens is 250 g/mol. The van der Waals surface area contributed by atoms with E-state index in [-0.39, 0.29) is 5.75 Å². The predicted octanol–water partition coefficient (Wildman–Crippen LogP) is 4.66. The molecule has 0 aliphatic rings.